The normalized spacial score (nSPS) is 22.9. The fraction of sp³-hybridized carbons (Fsp3) is 0.600. The summed E-state index contributed by atoms with van der Waals surface area (Å²) in [6, 6.07) is 6.47. The average molecular weight is 379 g/mol. The van der Waals surface area contributed by atoms with Gasteiger partial charge in [-0.15, -0.1) is 12.4 Å². The van der Waals surface area contributed by atoms with E-state index in [2.05, 4.69) is 39.0 Å². The maximum absolute atomic E-state index is 6.29. The van der Waals surface area contributed by atoms with Gasteiger partial charge in [0, 0.05) is 18.6 Å². The third-order valence-corrected chi connectivity index (χ3v) is 5.29. The van der Waals surface area contributed by atoms with Crippen molar-refractivity contribution in [3.8, 4) is 5.69 Å². The van der Waals surface area contributed by atoms with Gasteiger partial charge in [-0.2, -0.15) is 5.10 Å². The Balaban J connectivity index is 0.00000243. The van der Waals surface area contributed by atoms with Gasteiger partial charge in [-0.1, -0.05) is 19.1 Å². The molecule has 1 aliphatic carbocycles. The van der Waals surface area contributed by atoms with Crippen LogP contribution in [0.5, 0.6) is 0 Å². The average Bonchev–Trinajstić information content (AvgIpc) is 2.98. The van der Waals surface area contributed by atoms with Crippen molar-refractivity contribution in [3.63, 3.8) is 0 Å². The summed E-state index contributed by atoms with van der Waals surface area (Å²) in [7, 11) is 0. The summed E-state index contributed by atoms with van der Waals surface area (Å²) < 4.78 is 8.05. The van der Waals surface area contributed by atoms with Gasteiger partial charge >= 0.3 is 0 Å². The van der Waals surface area contributed by atoms with Gasteiger partial charge in [0.15, 0.2) is 0 Å². The second kappa shape index (κ2) is 8.98. The van der Waals surface area contributed by atoms with Crippen molar-refractivity contribution in [3.05, 3.63) is 41.0 Å². The highest BCUT2D eigenvalue weighted by atomic mass is 35.5. The Kier molecular flexibility index (Phi) is 7.21. The van der Waals surface area contributed by atoms with E-state index < -0.39 is 0 Å². The van der Waals surface area contributed by atoms with Crippen molar-refractivity contribution in [1.29, 1.82) is 0 Å². The second-order valence-corrected chi connectivity index (χ2v) is 7.23. The van der Waals surface area contributed by atoms with E-state index in [1.807, 2.05) is 11.6 Å². The lowest BCUT2D eigenvalue weighted by atomic mass is 9.83. The Bertz CT molecular complexity index is 731. The molecular formula is C20H31ClN4O. The molecule has 5 nitrogen and oxygen atoms in total. The molecule has 2 N–H and O–H groups in total. The van der Waals surface area contributed by atoms with E-state index in [0.717, 1.165) is 49.6 Å². The van der Waals surface area contributed by atoms with Gasteiger partial charge in [-0.05, 0) is 63.6 Å². The molecule has 3 rings (SSSR count). The summed E-state index contributed by atoms with van der Waals surface area (Å²) >= 11 is 0. The van der Waals surface area contributed by atoms with E-state index >= 15 is 0 Å². The zero-order chi connectivity index (χ0) is 18.0. The maximum atomic E-state index is 6.29. The molecule has 6 heteroatoms. The van der Waals surface area contributed by atoms with E-state index in [9.17, 15) is 0 Å². The zero-order valence-electron chi connectivity index (χ0n) is 16.2. The summed E-state index contributed by atoms with van der Waals surface area (Å²) in [5, 5.41) is 4.70. The van der Waals surface area contributed by atoms with Crippen LogP contribution in [0.25, 0.3) is 5.69 Å². The first kappa shape index (κ1) is 20.9. The van der Waals surface area contributed by atoms with E-state index in [1.165, 1.54) is 11.1 Å². The van der Waals surface area contributed by atoms with Crippen molar-refractivity contribution in [2.45, 2.75) is 71.4 Å². The molecule has 0 saturated heterocycles. The molecule has 1 aromatic heterocycles. The number of nitrogens with two attached hydrogens (primary N) is 1. The first-order chi connectivity index (χ1) is 12.0. The molecule has 0 aliphatic heterocycles. The van der Waals surface area contributed by atoms with Crippen molar-refractivity contribution >= 4 is 12.4 Å². The SMILES string of the molecule is CCCO[C@@H]1C[C@@H](c2nc(C)nn2-c2cccc(C)c2C)CC[C@H]1N.Cl. The molecule has 144 valence electrons. The number of nitrogens with zero attached hydrogens (tertiary/aromatic N) is 3. The Labute approximate surface area is 162 Å². The van der Waals surface area contributed by atoms with E-state index in [-0.39, 0.29) is 24.6 Å². The molecule has 0 bridgehead atoms. The minimum Gasteiger partial charge on any atom is -0.377 e. The fourth-order valence-electron chi connectivity index (χ4n) is 3.69. The molecule has 2 aromatic rings. The van der Waals surface area contributed by atoms with Crippen LogP contribution < -0.4 is 5.73 Å². The first-order valence-corrected chi connectivity index (χ1v) is 9.38. The topological polar surface area (TPSA) is 66.0 Å². The number of ether oxygens (including phenoxy) is 1. The van der Waals surface area contributed by atoms with Gasteiger partial charge in [0.1, 0.15) is 11.6 Å². The monoisotopic (exact) mass is 378 g/mol. The molecule has 1 fully saturated rings. The van der Waals surface area contributed by atoms with Crippen molar-refractivity contribution < 1.29 is 4.74 Å². The summed E-state index contributed by atoms with van der Waals surface area (Å²) in [6.07, 6.45) is 4.06. The lowest BCUT2D eigenvalue weighted by Crippen LogP contribution is -2.42. The molecule has 3 atom stereocenters. The van der Waals surface area contributed by atoms with Gasteiger partial charge in [0.05, 0.1) is 11.8 Å². The van der Waals surface area contributed by atoms with Crippen molar-refractivity contribution in [1.82, 2.24) is 14.8 Å². The van der Waals surface area contributed by atoms with Crippen LogP contribution in [0.2, 0.25) is 0 Å². The highest BCUT2D eigenvalue weighted by Gasteiger charge is 2.32. The van der Waals surface area contributed by atoms with Crippen LogP contribution in [-0.4, -0.2) is 33.5 Å². The van der Waals surface area contributed by atoms with Crippen LogP contribution >= 0.6 is 12.4 Å². The van der Waals surface area contributed by atoms with Crippen LogP contribution in [0.15, 0.2) is 18.2 Å². The minimum absolute atomic E-state index is 0. The van der Waals surface area contributed by atoms with E-state index in [1.54, 1.807) is 0 Å². The van der Waals surface area contributed by atoms with Gasteiger partial charge in [0.25, 0.3) is 0 Å². The molecule has 0 spiro atoms. The van der Waals surface area contributed by atoms with E-state index in [0.29, 0.717) is 5.92 Å². The quantitative estimate of drug-likeness (QED) is 0.853. The Morgan fingerprint density at radius 2 is 2.00 bits per heavy atom. The molecule has 26 heavy (non-hydrogen) atoms. The van der Waals surface area contributed by atoms with Crippen LogP contribution in [0.3, 0.4) is 0 Å². The number of halogens is 1. The lowest BCUT2D eigenvalue weighted by molar-refractivity contribution is 0.00883. The first-order valence-electron chi connectivity index (χ1n) is 9.38. The highest BCUT2D eigenvalue weighted by molar-refractivity contribution is 5.85. The molecule has 0 amide bonds. The molecule has 1 aromatic carbocycles. The number of aromatic nitrogens is 3. The van der Waals surface area contributed by atoms with Gasteiger partial charge in [-0.25, -0.2) is 9.67 Å². The van der Waals surface area contributed by atoms with Gasteiger partial charge in [-0.3, -0.25) is 0 Å². The maximum Gasteiger partial charge on any atom is 0.148 e. The van der Waals surface area contributed by atoms with Crippen molar-refractivity contribution in [2.75, 3.05) is 6.61 Å². The lowest BCUT2D eigenvalue weighted by Gasteiger charge is -2.33. The second-order valence-electron chi connectivity index (χ2n) is 7.23. The molecule has 1 aliphatic rings. The van der Waals surface area contributed by atoms with Crippen LogP contribution in [-0.2, 0) is 4.74 Å². The predicted molar refractivity (Wildman–Crippen MR) is 107 cm³/mol. The molecule has 1 saturated carbocycles. The number of rotatable bonds is 5. The molecule has 1 heterocycles. The van der Waals surface area contributed by atoms with Gasteiger partial charge in [0.2, 0.25) is 0 Å². The van der Waals surface area contributed by atoms with Crippen LogP contribution in [0.1, 0.15) is 61.3 Å². The summed E-state index contributed by atoms with van der Waals surface area (Å²) in [5.74, 6) is 2.20. The van der Waals surface area contributed by atoms with Gasteiger partial charge < -0.3 is 10.5 Å². The summed E-state index contributed by atoms with van der Waals surface area (Å²) in [5.41, 5.74) is 9.93. The fourth-order valence-corrected chi connectivity index (χ4v) is 3.69. The molecule has 0 radical (unpaired) electrons. The third kappa shape index (κ3) is 4.27. The smallest absolute Gasteiger partial charge is 0.148 e. The minimum atomic E-state index is 0. The highest BCUT2D eigenvalue weighted by Crippen LogP contribution is 2.34. The Hall–Kier alpha value is -1.43. The number of benzene rings is 1. The number of hydrogen-bond donors (Lipinski definition) is 1. The van der Waals surface area contributed by atoms with Crippen LogP contribution in [0.4, 0.5) is 0 Å². The molecular weight excluding hydrogens is 348 g/mol. The summed E-state index contributed by atoms with van der Waals surface area (Å²) in [6.45, 7) is 9.15. The third-order valence-electron chi connectivity index (χ3n) is 5.29. The van der Waals surface area contributed by atoms with Crippen LogP contribution in [0, 0.1) is 20.8 Å². The standard InChI is InChI=1S/C20H30N4O.ClH/c1-5-11-25-19-12-16(9-10-17(19)21)20-22-15(4)23-24(20)18-8-6-7-13(2)14(18)3;/h6-8,16-17,19H,5,9-12,21H2,1-4H3;1H/t16-,17+,19+;/m0./s1. The molecule has 0 unspecified atom stereocenters. The largest absolute Gasteiger partial charge is 0.377 e. The number of hydrogen-bond acceptors (Lipinski definition) is 4. The Morgan fingerprint density at radius 1 is 1.23 bits per heavy atom. The Morgan fingerprint density at radius 3 is 2.73 bits per heavy atom. The van der Waals surface area contributed by atoms with E-state index in [4.69, 9.17) is 20.6 Å². The number of aryl methyl sites for hydroxylation is 2. The zero-order valence-corrected chi connectivity index (χ0v) is 17.1. The van der Waals surface area contributed by atoms with Crippen molar-refractivity contribution in [2.24, 2.45) is 5.73 Å². The summed E-state index contributed by atoms with van der Waals surface area (Å²) in [4.78, 5) is 4.78. The predicted octanol–water partition coefficient (Wildman–Crippen LogP) is 4.00.